The molecule has 2 amide bonds. The summed E-state index contributed by atoms with van der Waals surface area (Å²) < 4.78 is 21.6. The van der Waals surface area contributed by atoms with Gasteiger partial charge < -0.3 is 29.2 Å². The zero-order valence-corrected chi connectivity index (χ0v) is 22.0. The van der Waals surface area contributed by atoms with Crippen molar-refractivity contribution < 1.29 is 33.3 Å². The average molecular weight is 535 g/mol. The lowest BCUT2D eigenvalue weighted by molar-refractivity contribution is -0.139. The summed E-state index contributed by atoms with van der Waals surface area (Å²) in [5.41, 5.74) is 1.44. The van der Waals surface area contributed by atoms with Crippen LogP contribution >= 0.6 is 0 Å². The van der Waals surface area contributed by atoms with Crippen LogP contribution in [0, 0.1) is 0 Å². The van der Waals surface area contributed by atoms with E-state index in [-0.39, 0.29) is 41.7 Å². The summed E-state index contributed by atoms with van der Waals surface area (Å²) in [6.45, 7) is 5.86. The first-order valence-corrected chi connectivity index (χ1v) is 12.5. The van der Waals surface area contributed by atoms with E-state index in [0.717, 1.165) is 0 Å². The summed E-state index contributed by atoms with van der Waals surface area (Å²) in [5, 5.41) is 2.72. The van der Waals surface area contributed by atoms with E-state index in [1.807, 2.05) is 13.8 Å². The first-order valence-electron chi connectivity index (χ1n) is 12.5. The molecule has 1 fully saturated rings. The number of morpholine rings is 1. The first kappa shape index (κ1) is 27.5. The summed E-state index contributed by atoms with van der Waals surface area (Å²) in [6, 6.07) is 13.0. The molecular weight excluding hydrogens is 504 g/mol. The van der Waals surface area contributed by atoms with Crippen LogP contribution in [0.15, 0.2) is 54.7 Å². The Morgan fingerprint density at radius 2 is 1.72 bits per heavy atom. The van der Waals surface area contributed by atoms with Crippen LogP contribution in [-0.4, -0.2) is 72.2 Å². The smallest absolute Gasteiger partial charge is 0.310 e. The molecule has 0 radical (unpaired) electrons. The minimum Gasteiger partial charge on any atom is -0.475 e. The van der Waals surface area contributed by atoms with Gasteiger partial charge in [0.1, 0.15) is 11.6 Å². The van der Waals surface area contributed by atoms with Crippen LogP contribution in [0.2, 0.25) is 0 Å². The second-order valence-electron chi connectivity index (χ2n) is 8.99. The van der Waals surface area contributed by atoms with E-state index in [9.17, 15) is 14.4 Å². The van der Waals surface area contributed by atoms with E-state index in [2.05, 4.69) is 20.0 Å². The summed E-state index contributed by atoms with van der Waals surface area (Å²) in [5.74, 6) is 0.211. The fraction of sp³-hybridized carbons (Fsp3) is 0.321. The van der Waals surface area contributed by atoms with Gasteiger partial charge in [0.05, 0.1) is 38.4 Å². The number of carbonyl (C=O) groups is 3. The SMILES string of the molecule is COC(=O)Cc1ccc(NC(=O)c2cc(Oc3ccc(C(=O)N4CCOCC4)cc3)nc(OC(C)C)c2)nc1. The zero-order chi connectivity index (χ0) is 27.8. The second-order valence-corrected chi connectivity index (χ2v) is 8.99. The lowest BCUT2D eigenvalue weighted by atomic mass is 10.2. The molecule has 1 aliphatic heterocycles. The molecule has 0 saturated carbocycles. The molecule has 0 spiro atoms. The van der Waals surface area contributed by atoms with Crippen LogP contribution in [0.3, 0.4) is 0 Å². The lowest BCUT2D eigenvalue weighted by Crippen LogP contribution is -2.40. The highest BCUT2D eigenvalue weighted by Gasteiger charge is 2.19. The summed E-state index contributed by atoms with van der Waals surface area (Å²) >= 11 is 0. The minimum absolute atomic E-state index is 0.0683. The quantitative estimate of drug-likeness (QED) is 0.410. The van der Waals surface area contributed by atoms with Gasteiger partial charge in [-0.25, -0.2) is 4.98 Å². The van der Waals surface area contributed by atoms with Gasteiger partial charge in [-0.3, -0.25) is 14.4 Å². The van der Waals surface area contributed by atoms with E-state index < -0.39 is 5.91 Å². The van der Waals surface area contributed by atoms with Crippen molar-refractivity contribution in [2.75, 3.05) is 38.7 Å². The van der Waals surface area contributed by atoms with Crippen molar-refractivity contribution in [2.45, 2.75) is 26.4 Å². The Morgan fingerprint density at radius 1 is 1.00 bits per heavy atom. The molecule has 1 N–H and O–H groups in total. The number of carbonyl (C=O) groups excluding carboxylic acids is 3. The summed E-state index contributed by atoms with van der Waals surface area (Å²) in [7, 11) is 1.32. The Kier molecular flexibility index (Phi) is 9.06. The van der Waals surface area contributed by atoms with Crippen molar-refractivity contribution in [3.63, 3.8) is 0 Å². The standard InChI is InChI=1S/C28H30N4O7/c1-18(2)38-24-15-21(27(34)30-23-9-4-19(17-29-23)14-26(33)36-3)16-25(31-24)39-22-7-5-20(6-8-22)28(35)32-10-12-37-13-11-32/h4-9,15-18H,10-14H2,1-3H3,(H,29,30,34). The predicted molar refractivity (Wildman–Crippen MR) is 141 cm³/mol. The fourth-order valence-corrected chi connectivity index (χ4v) is 3.73. The molecule has 0 bridgehead atoms. The van der Waals surface area contributed by atoms with Crippen LogP contribution in [-0.2, 0) is 20.7 Å². The summed E-state index contributed by atoms with van der Waals surface area (Å²) in [6.07, 6.45) is 1.40. The van der Waals surface area contributed by atoms with Crippen LogP contribution in [0.25, 0.3) is 0 Å². The molecule has 3 heterocycles. The van der Waals surface area contributed by atoms with Gasteiger partial charge in [-0.15, -0.1) is 0 Å². The maximum absolute atomic E-state index is 13.0. The van der Waals surface area contributed by atoms with Crippen molar-refractivity contribution >= 4 is 23.6 Å². The highest BCUT2D eigenvalue weighted by molar-refractivity contribution is 6.04. The van der Waals surface area contributed by atoms with E-state index >= 15 is 0 Å². The molecule has 4 rings (SSSR count). The van der Waals surface area contributed by atoms with Crippen molar-refractivity contribution in [3.8, 4) is 17.5 Å². The first-order chi connectivity index (χ1) is 18.8. The van der Waals surface area contributed by atoms with Gasteiger partial charge in [-0.2, -0.15) is 4.98 Å². The number of nitrogens with one attached hydrogen (secondary N) is 1. The maximum atomic E-state index is 13.0. The number of esters is 1. The monoisotopic (exact) mass is 534 g/mol. The van der Waals surface area contributed by atoms with Crippen LogP contribution in [0.4, 0.5) is 5.82 Å². The minimum atomic E-state index is -0.449. The molecule has 39 heavy (non-hydrogen) atoms. The molecule has 1 aliphatic rings. The largest absolute Gasteiger partial charge is 0.475 e. The number of rotatable bonds is 9. The highest BCUT2D eigenvalue weighted by atomic mass is 16.5. The molecule has 0 aliphatic carbocycles. The molecule has 1 saturated heterocycles. The van der Waals surface area contributed by atoms with Crippen LogP contribution < -0.4 is 14.8 Å². The van der Waals surface area contributed by atoms with Gasteiger partial charge in [0.2, 0.25) is 11.8 Å². The topological polar surface area (TPSA) is 129 Å². The number of hydrogen-bond donors (Lipinski definition) is 1. The Hall–Kier alpha value is -4.51. The molecule has 1 aromatic carbocycles. The maximum Gasteiger partial charge on any atom is 0.310 e. The second kappa shape index (κ2) is 12.8. The number of hydrogen-bond acceptors (Lipinski definition) is 9. The molecule has 0 atom stereocenters. The van der Waals surface area contributed by atoms with Gasteiger partial charge in [0.15, 0.2) is 0 Å². The Morgan fingerprint density at radius 3 is 2.36 bits per heavy atom. The van der Waals surface area contributed by atoms with Crippen LogP contribution in [0.1, 0.15) is 40.1 Å². The number of methoxy groups -OCH3 is 1. The van der Waals surface area contributed by atoms with Gasteiger partial charge in [-0.05, 0) is 49.7 Å². The molecule has 3 aromatic rings. The van der Waals surface area contributed by atoms with Crippen molar-refractivity contribution in [1.82, 2.24) is 14.9 Å². The lowest BCUT2D eigenvalue weighted by Gasteiger charge is -2.26. The van der Waals surface area contributed by atoms with E-state index in [1.54, 1.807) is 41.3 Å². The van der Waals surface area contributed by atoms with Crippen molar-refractivity contribution in [3.05, 3.63) is 71.4 Å². The van der Waals surface area contributed by atoms with Gasteiger partial charge in [0.25, 0.3) is 11.8 Å². The third-order valence-electron chi connectivity index (χ3n) is 5.66. The van der Waals surface area contributed by atoms with Gasteiger partial charge in [-0.1, -0.05) is 6.07 Å². The molecule has 0 unspecified atom stereocenters. The number of aromatic nitrogens is 2. The van der Waals surface area contributed by atoms with E-state index in [0.29, 0.717) is 49.0 Å². The molecule has 11 nitrogen and oxygen atoms in total. The van der Waals surface area contributed by atoms with E-state index in [1.165, 1.54) is 25.4 Å². The van der Waals surface area contributed by atoms with Crippen molar-refractivity contribution in [2.24, 2.45) is 0 Å². The van der Waals surface area contributed by atoms with E-state index in [4.69, 9.17) is 14.2 Å². The molecule has 2 aromatic heterocycles. The number of ether oxygens (including phenoxy) is 4. The third-order valence-corrected chi connectivity index (χ3v) is 5.66. The number of nitrogens with zero attached hydrogens (tertiary/aromatic N) is 3. The Bertz CT molecular complexity index is 1300. The average Bonchev–Trinajstić information content (AvgIpc) is 2.94. The number of anilines is 1. The van der Waals surface area contributed by atoms with Crippen molar-refractivity contribution in [1.29, 1.82) is 0 Å². The van der Waals surface area contributed by atoms with Gasteiger partial charge >= 0.3 is 5.97 Å². The molecular formula is C28H30N4O7. The Labute approximate surface area is 226 Å². The fourth-order valence-electron chi connectivity index (χ4n) is 3.73. The third kappa shape index (κ3) is 7.74. The van der Waals surface area contributed by atoms with Crippen LogP contribution in [0.5, 0.6) is 17.5 Å². The highest BCUT2D eigenvalue weighted by Crippen LogP contribution is 2.26. The predicted octanol–water partition coefficient (Wildman–Crippen LogP) is 3.50. The summed E-state index contributed by atoms with van der Waals surface area (Å²) in [4.78, 5) is 47.5. The number of benzene rings is 1. The molecule has 11 heteroatoms. The zero-order valence-electron chi connectivity index (χ0n) is 22.0. The normalized spacial score (nSPS) is 13.1. The number of amides is 2. The molecule has 204 valence electrons. The Balaban J connectivity index is 1.48. The van der Waals surface area contributed by atoms with Gasteiger partial charge in [0, 0.05) is 37.0 Å². The number of pyridine rings is 2.